The van der Waals surface area contributed by atoms with Crippen molar-refractivity contribution in [3.05, 3.63) is 30.0 Å². The lowest BCUT2D eigenvalue weighted by Gasteiger charge is -2.00. The number of aromatic amines is 1. The molecule has 0 spiro atoms. The predicted molar refractivity (Wildman–Crippen MR) is 62.2 cm³/mol. The average Bonchev–Trinajstić information content (AvgIpc) is 2.57. The van der Waals surface area contributed by atoms with Gasteiger partial charge in [0.05, 0.1) is 7.11 Å². The third-order valence-electron chi connectivity index (χ3n) is 2.43. The summed E-state index contributed by atoms with van der Waals surface area (Å²) in [4.78, 5) is 3.34. The molecule has 0 aliphatic carbocycles. The van der Waals surface area contributed by atoms with Crippen molar-refractivity contribution in [1.29, 1.82) is 0 Å². The number of ether oxygens (including phenoxy) is 1. The molecule has 0 bridgehead atoms. The summed E-state index contributed by atoms with van der Waals surface area (Å²) in [6.45, 7) is 2.01. The molecule has 15 heavy (non-hydrogen) atoms. The number of hydrogen-bond donors (Lipinski definition) is 2. The minimum absolute atomic E-state index is 0.181. The Balaban J connectivity index is 2.37. The SMILES string of the molecule is COc1ccc2cc(C[C@H](C)N)[nH]c2c1. The van der Waals surface area contributed by atoms with E-state index in [1.165, 1.54) is 11.1 Å². The van der Waals surface area contributed by atoms with E-state index < -0.39 is 0 Å². The summed E-state index contributed by atoms with van der Waals surface area (Å²) >= 11 is 0. The second-order valence-corrected chi connectivity index (χ2v) is 3.93. The molecular formula is C12H16N2O. The number of methoxy groups -OCH3 is 1. The average molecular weight is 204 g/mol. The van der Waals surface area contributed by atoms with Gasteiger partial charge in [-0.15, -0.1) is 0 Å². The third-order valence-corrected chi connectivity index (χ3v) is 2.43. The lowest BCUT2D eigenvalue weighted by atomic mass is 10.2. The minimum atomic E-state index is 0.181. The Hall–Kier alpha value is -1.48. The first kappa shape index (κ1) is 10.1. The standard InChI is InChI=1S/C12H16N2O/c1-8(13)5-10-6-9-3-4-11(15-2)7-12(9)14-10/h3-4,6-8,14H,5,13H2,1-2H3/t8-/m0/s1. The molecule has 1 atom stereocenters. The number of fused-ring (bicyclic) bond motifs is 1. The van der Waals surface area contributed by atoms with E-state index in [-0.39, 0.29) is 6.04 Å². The highest BCUT2D eigenvalue weighted by atomic mass is 16.5. The number of H-pyrrole nitrogens is 1. The van der Waals surface area contributed by atoms with Gasteiger partial charge in [0.25, 0.3) is 0 Å². The van der Waals surface area contributed by atoms with Gasteiger partial charge in [-0.1, -0.05) is 0 Å². The summed E-state index contributed by atoms with van der Waals surface area (Å²) in [6, 6.07) is 8.33. The van der Waals surface area contributed by atoms with Crippen LogP contribution in [-0.4, -0.2) is 18.1 Å². The van der Waals surface area contributed by atoms with Crippen LogP contribution in [0.25, 0.3) is 10.9 Å². The van der Waals surface area contributed by atoms with E-state index in [0.717, 1.165) is 17.7 Å². The Kier molecular flexibility index (Phi) is 2.64. The van der Waals surface area contributed by atoms with Crippen LogP contribution < -0.4 is 10.5 Å². The molecule has 1 aromatic heterocycles. The molecule has 2 rings (SSSR count). The van der Waals surface area contributed by atoms with Gasteiger partial charge in [0.2, 0.25) is 0 Å². The van der Waals surface area contributed by atoms with Crippen LogP contribution in [0, 0.1) is 0 Å². The first-order chi connectivity index (χ1) is 7.19. The summed E-state index contributed by atoms with van der Waals surface area (Å²) in [6.07, 6.45) is 0.872. The Bertz CT molecular complexity index is 460. The molecule has 3 N–H and O–H groups in total. The minimum Gasteiger partial charge on any atom is -0.497 e. The number of nitrogens with two attached hydrogens (primary N) is 1. The fourth-order valence-electron chi connectivity index (χ4n) is 1.75. The maximum absolute atomic E-state index is 5.76. The van der Waals surface area contributed by atoms with Crippen molar-refractivity contribution in [2.45, 2.75) is 19.4 Å². The zero-order valence-corrected chi connectivity index (χ0v) is 9.08. The smallest absolute Gasteiger partial charge is 0.120 e. The molecule has 0 aliphatic heterocycles. The third kappa shape index (κ3) is 2.13. The molecule has 0 aliphatic rings. The molecule has 1 aromatic carbocycles. The van der Waals surface area contributed by atoms with Crippen molar-refractivity contribution >= 4 is 10.9 Å². The van der Waals surface area contributed by atoms with Gasteiger partial charge < -0.3 is 15.5 Å². The van der Waals surface area contributed by atoms with Gasteiger partial charge in [0.15, 0.2) is 0 Å². The lowest BCUT2D eigenvalue weighted by Crippen LogP contribution is -2.17. The molecular weight excluding hydrogens is 188 g/mol. The van der Waals surface area contributed by atoms with Crippen LogP contribution >= 0.6 is 0 Å². The Labute approximate surface area is 89.2 Å². The zero-order chi connectivity index (χ0) is 10.8. The van der Waals surface area contributed by atoms with Crippen LogP contribution in [0.5, 0.6) is 5.75 Å². The van der Waals surface area contributed by atoms with Gasteiger partial charge in [-0.2, -0.15) is 0 Å². The predicted octanol–water partition coefficient (Wildman–Crippen LogP) is 2.07. The van der Waals surface area contributed by atoms with Crippen LogP contribution in [0.15, 0.2) is 24.3 Å². The number of nitrogens with one attached hydrogen (secondary N) is 1. The maximum Gasteiger partial charge on any atom is 0.120 e. The highest BCUT2D eigenvalue weighted by molar-refractivity contribution is 5.81. The van der Waals surface area contributed by atoms with Crippen LogP contribution in [0.1, 0.15) is 12.6 Å². The number of aromatic nitrogens is 1. The Morgan fingerprint density at radius 3 is 2.87 bits per heavy atom. The van der Waals surface area contributed by atoms with E-state index in [0.29, 0.717) is 0 Å². The van der Waals surface area contributed by atoms with Gasteiger partial charge in [-0.25, -0.2) is 0 Å². The van der Waals surface area contributed by atoms with Crippen LogP contribution in [0.2, 0.25) is 0 Å². The first-order valence-electron chi connectivity index (χ1n) is 5.10. The molecule has 0 fully saturated rings. The summed E-state index contributed by atoms with van der Waals surface area (Å²) in [5.41, 5.74) is 8.03. The molecule has 1 heterocycles. The summed E-state index contributed by atoms with van der Waals surface area (Å²) in [7, 11) is 1.67. The van der Waals surface area contributed by atoms with Crippen molar-refractivity contribution in [2.24, 2.45) is 5.73 Å². The monoisotopic (exact) mass is 204 g/mol. The quantitative estimate of drug-likeness (QED) is 0.804. The summed E-state index contributed by atoms with van der Waals surface area (Å²) < 4.78 is 5.17. The van der Waals surface area contributed by atoms with Gasteiger partial charge in [-0.3, -0.25) is 0 Å². The second-order valence-electron chi connectivity index (χ2n) is 3.93. The number of rotatable bonds is 3. The fraction of sp³-hybridized carbons (Fsp3) is 0.333. The van der Waals surface area contributed by atoms with E-state index in [1.807, 2.05) is 19.1 Å². The highest BCUT2D eigenvalue weighted by Crippen LogP contribution is 2.21. The van der Waals surface area contributed by atoms with Gasteiger partial charge in [-0.05, 0) is 30.5 Å². The normalized spacial score (nSPS) is 13.0. The molecule has 3 nitrogen and oxygen atoms in total. The topological polar surface area (TPSA) is 51.0 Å². The largest absolute Gasteiger partial charge is 0.497 e. The maximum atomic E-state index is 5.76. The van der Waals surface area contributed by atoms with Gasteiger partial charge in [0.1, 0.15) is 5.75 Å². The molecule has 3 heteroatoms. The van der Waals surface area contributed by atoms with Crippen LogP contribution in [0.4, 0.5) is 0 Å². The van der Waals surface area contributed by atoms with E-state index in [9.17, 15) is 0 Å². The van der Waals surface area contributed by atoms with Crippen LogP contribution in [-0.2, 0) is 6.42 Å². The van der Waals surface area contributed by atoms with Crippen molar-refractivity contribution in [3.8, 4) is 5.75 Å². The van der Waals surface area contributed by atoms with E-state index in [2.05, 4.69) is 17.1 Å². The molecule has 0 saturated carbocycles. The number of benzene rings is 1. The van der Waals surface area contributed by atoms with E-state index in [1.54, 1.807) is 7.11 Å². The summed E-state index contributed by atoms with van der Waals surface area (Å²) in [5, 5.41) is 1.20. The lowest BCUT2D eigenvalue weighted by molar-refractivity contribution is 0.415. The van der Waals surface area contributed by atoms with Crippen molar-refractivity contribution in [1.82, 2.24) is 4.98 Å². The van der Waals surface area contributed by atoms with E-state index >= 15 is 0 Å². The first-order valence-corrected chi connectivity index (χ1v) is 5.10. The molecule has 0 unspecified atom stereocenters. The Morgan fingerprint density at radius 2 is 2.20 bits per heavy atom. The summed E-state index contributed by atoms with van der Waals surface area (Å²) in [5.74, 6) is 0.872. The number of hydrogen-bond acceptors (Lipinski definition) is 2. The van der Waals surface area contributed by atoms with Gasteiger partial charge >= 0.3 is 0 Å². The molecule has 0 radical (unpaired) electrons. The van der Waals surface area contributed by atoms with Crippen molar-refractivity contribution in [2.75, 3.05) is 7.11 Å². The fourth-order valence-corrected chi connectivity index (χ4v) is 1.75. The molecule has 0 saturated heterocycles. The molecule has 0 amide bonds. The van der Waals surface area contributed by atoms with Gasteiger partial charge in [0, 0.05) is 29.7 Å². The Morgan fingerprint density at radius 1 is 1.40 bits per heavy atom. The molecule has 2 aromatic rings. The molecule has 80 valence electrons. The van der Waals surface area contributed by atoms with Crippen molar-refractivity contribution < 1.29 is 4.74 Å². The zero-order valence-electron chi connectivity index (χ0n) is 9.08. The van der Waals surface area contributed by atoms with E-state index in [4.69, 9.17) is 10.5 Å². The van der Waals surface area contributed by atoms with Crippen LogP contribution in [0.3, 0.4) is 0 Å². The highest BCUT2D eigenvalue weighted by Gasteiger charge is 2.03. The van der Waals surface area contributed by atoms with Crippen molar-refractivity contribution in [3.63, 3.8) is 0 Å². The second kappa shape index (κ2) is 3.95.